The quantitative estimate of drug-likeness (QED) is 0.275. The fourth-order valence-electron chi connectivity index (χ4n) is 6.60. The van der Waals surface area contributed by atoms with Crippen molar-refractivity contribution in [2.45, 2.75) is 37.1 Å². The Morgan fingerprint density at radius 2 is 1.34 bits per heavy atom. The lowest BCUT2D eigenvalue weighted by atomic mass is 9.80. The third-order valence-corrected chi connectivity index (χ3v) is 9.68. The van der Waals surface area contributed by atoms with E-state index in [1.54, 1.807) is 7.11 Å². The summed E-state index contributed by atoms with van der Waals surface area (Å²) in [6, 6.07) is 29.9. The first-order valence-electron chi connectivity index (χ1n) is 15.7. The van der Waals surface area contributed by atoms with Gasteiger partial charge in [0.05, 0.1) is 40.0 Å². The molecule has 0 saturated carbocycles. The first-order chi connectivity index (χ1) is 21.1. The van der Waals surface area contributed by atoms with Crippen molar-refractivity contribution in [2.24, 2.45) is 5.92 Å². The molecule has 0 bridgehead atoms. The Balaban J connectivity index is 1.35. The number of methoxy groups -OCH3 is 1. The molecule has 5 unspecified atom stereocenters. The summed E-state index contributed by atoms with van der Waals surface area (Å²) in [5.74, 6) is -0.433. The van der Waals surface area contributed by atoms with Crippen LogP contribution in [0, 0.1) is 5.92 Å². The van der Waals surface area contributed by atoms with Gasteiger partial charge in [0.1, 0.15) is 37.8 Å². The van der Waals surface area contributed by atoms with Crippen LogP contribution < -0.4 is 5.32 Å². The third-order valence-electron chi connectivity index (χ3n) is 9.68. The molecule has 0 aromatic heterocycles. The van der Waals surface area contributed by atoms with Gasteiger partial charge in [-0.3, -0.25) is 4.79 Å². The van der Waals surface area contributed by atoms with E-state index >= 15 is 0 Å². The fourth-order valence-corrected chi connectivity index (χ4v) is 6.60. The molecular formula is C36H49N3O5+2. The van der Waals surface area contributed by atoms with Crippen molar-refractivity contribution < 1.29 is 33.1 Å². The molecule has 0 aliphatic carbocycles. The van der Waals surface area contributed by atoms with Crippen molar-refractivity contribution in [3.05, 3.63) is 108 Å². The van der Waals surface area contributed by atoms with Gasteiger partial charge in [-0.15, -0.1) is 0 Å². The van der Waals surface area contributed by atoms with Gasteiger partial charge in [0.15, 0.2) is 12.8 Å². The highest BCUT2D eigenvalue weighted by Gasteiger charge is 2.47. The highest BCUT2D eigenvalue weighted by Crippen LogP contribution is 2.41. The number of hydrogen-bond donors (Lipinski definition) is 2. The maximum absolute atomic E-state index is 13.3. The number of aliphatic hydroxyl groups excluding tert-OH is 1. The van der Waals surface area contributed by atoms with Crippen LogP contribution in [0.2, 0.25) is 0 Å². The molecule has 236 valence electrons. The first-order valence-corrected chi connectivity index (χ1v) is 15.7. The Labute approximate surface area is 262 Å². The fraction of sp³-hybridized carbons (Fsp3) is 0.472. The molecule has 2 fully saturated rings. The number of carbonyl (C=O) groups excluding carboxylic acids is 1. The Hall–Kier alpha value is -3.11. The van der Waals surface area contributed by atoms with Crippen LogP contribution in [0.3, 0.4) is 0 Å². The van der Waals surface area contributed by atoms with Crippen LogP contribution in [0.1, 0.15) is 23.6 Å². The summed E-state index contributed by atoms with van der Waals surface area (Å²) < 4.78 is 20.8. The summed E-state index contributed by atoms with van der Waals surface area (Å²) in [6.07, 6.45) is -2.18. The third kappa shape index (κ3) is 6.91. The molecule has 5 rings (SSSR count). The normalized spacial score (nSPS) is 26.5. The number of nitrogens with zero attached hydrogens (tertiary/aromatic N) is 2. The summed E-state index contributed by atoms with van der Waals surface area (Å²) in [4.78, 5) is 13.3. The second-order valence-electron chi connectivity index (χ2n) is 13.4. The number of nitrogens with one attached hydrogen (secondary N) is 1. The van der Waals surface area contributed by atoms with Crippen LogP contribution in [0.4, 0.5) is 0 Å². The van der Waals surface area contributed by atoms with Gasteiger partial charge in [-0.2, -0.15) is 0 Å². The number of carbonyl (C=O) groups is 1. The van der Waals surface area contributed by atoms with E-state index in [9.17, 15) is 9.90 Å². The Morgan fingerprint density at radius 1 is 0.864 bits per heavy atom. The average molecular weight is 604 g/mol. The van der Waals surface area contributed by atoms with Gasteiger partial charge in [-0.1, -0.05) is 97.9 Å². The highest BCUT2D eigenvalue weighted by atomic mass is 16.7. The lowest BCUT2D eigenvalue weighted by Crippen LogP contribution is -2.66. The predicted octanol–water partition coefficient (Wildman–Crippen LogP) is 3.38. The topological polar surface area (TPSA) is 77.0 Å². The molecule has 8 heteroatoms. The molecule has 5 atom stereocenters. The van der Waals surface area contributed by atoms with Crippen molar-refractivity contribution in [1.82, 2.24) is 5.32 Å². The van der Waals surface area contributed by atoms with Crippen molar-refractivity contribution >= 4 is 5.91 Å². The van der Waals surface area contributed by atoms with E-state index in [1.165, 1.54) is 0 Å². The van der Waals surface area contributed by atoms with Crippen LogP contribution in [-0.4, -0.2) is 112 Å². The highest BCUT2D eigenvalue weighted by molar-refractivity contribution is 5.77. The second kappa shape index (κ2) is 13.5. The van der Waals surface area contributed by atoms with Gasteiger partial charge in [0.2, 0.25) is 0 Å². The minimum atomic E-state index is -0.911. The molecule has 8 nitrogen and oxygen atoms in total. The average Bonchev–Trinajstić information content (AvgIpc) is 3.04. The van der Waals surface area contributed by atoms with Gasteiger partial charge >= 0.3 is 0 Å². The van der Waals surface area contributed by atoms with E-state index in [2.05, 4.69) is 62.9 Å². The van der Waals surface area contributed by atoms with Crippen LogP contribution in [-0.2, 0) is 24.6 Å². The number of aliphatic hydroxyl groups is 1. The Bertz CT molecular complexity index is 1250. The lowest BCUT2D eigenvalue weighted by Gasteiger charge is -2.46. The largest absolute Gasteiger partial charge is 0.390 e. The minimum absolute atomic E-state index is 0.104. The molecular weight excluding hydrogens is 554 g/mol. The van der Waals surface area contributed by atoms with Crippen LogP contribution in [0.5, 0.6) is 0 Å². The number of ether oxygens (including phenoxy) is 3. The molecule has 44 heavy (non-hydrogen) atoms. The molecule has 2 aliphatic rings. The monoisotopic (exact) mass is 603 g/mol. The Morgan fingerprint density at radius 3 is 1.80 bits per heavy atom. The number of likely N-dealkylation sites (N-methyl/N-ethyl adjacent to an activating group) is 2. The molecule has 0 spiro atoms. The van der Waals surface area contributed by atoms with E-state index in [-0.39, 0.29) is 18.4 Å². The zero-order valence-corrected chi connectivity index (χ0v) is 26.8. The van der Waals surface area contributed by atoms with E-state index in [0.717, 1.165) is 47.4 Å². The summed E-state index contributed by atoms with van der Waals surface area (Å²) in [6.45, 7) is 6.40. The van der Waals surface area contributed by atoms with Crippen molar-refractivity contribution in [3.63, 3.8) is 0 Å². The maximum Gasteiger partial charge on any atom is 0.275 e. The summed E-state index contributed by atoms with van der Waals surface area (Å²) in [5, 5.41) is 14.6. The zero-order chi connectivity index (χ0) is 31.4. The van der Waals surface area contributed by atoms with E-state index in [0.29, 0.717) is 11.0 Å². The van der Waals surface area contributed by atoms with Crippen molar-refractivity contribution in [1.29, 1.82) is 0 Å². The summed E-state index contributed by atoms with van der Waals surface area (Å²) in [7, 11) is 8.14. The number of rotatable bonds is 10. The summed E-state index contributed by atoms with van der Waals surface area (Å²) >= 11 is 0. The summed E-state index contributed by atoms with van der Waals surface area (Å²) in [5.41, 5.74) is 2.07. The minimum Gasteiger partial charge on any atom is -0.390 e. The van der Waals surface area contributed by atoms with E-state index in [1.807, 2.05) is 61.5 Å². The van der Waals surface area contributed by atoms with Gasteiger partial charge in [0.25, 0.3) is 5.91 Å². The zero-order valence-electron chi connectivity index (χ0n) is 26.8. The van der Waals surface area contributed by atoms with Crippen LogP contribution >= 0.6 is 0 Å². The molecule has 2 aliphatic heterocycles. The van der Waals surface area contributed by atoms with Crippen molar-refractivity contribution in [2.75, 3.05) is 67.6 Å². The molecule has 3 aromatic rings. The molecule has 2 saturated heterocycles. The number of piperazine rings is 1. The van der Waals surface area contributed by atoms with Crippen molar-refractivity contribution in [3.8, 4) is 0 Å². The van der Waals surface area contributed by atoms with Gasteiger partial charge in [0, 0.05) is 13.0 Å². The predicted molar refractivity (Wildman–Crippen MR) is 171 cm³/mol. The molecule has 0 radical (unpaired) electrons. The van der Waals surface area contributed by atoms with E-state index < -0.39 is 30.1 Å². The standard InChI is InChI=1S/C36H48N3O5/c1-27-31(44-35(42-5)33(34(27)41)37-32(40)25-39(4)23-21-38(2,3)22-24-39)26-43-36(28-15-9-6-10-16-28,29-17-11-7-12-18-29)30-19-13-8-14-20-30/h6-20,27,31,33-35,41H,21-26H2,1-5H3/q+1/p+1. The molecule has 2 N–H and O–H groups in total. The van der Waals surface area contributed by atoms with Crippen LogP contribution in [0.15, 0.2) is 91.0 Å². The smallest absolute Gasteiger partial charge is 0.275 e. The second-order valence-corrected chi connectivity index (χ2v) is 13.4. The number of amides is 1. The lowest BCUT2D eigenvalue weighted by molar-refractivity contribution is -1.00. The number of hydrogen-bond acceptors (Lipinski definition) is 5. The molecule has 2 heterocycles. The van der Waals surface area contributed by atoms with Gasteiger partial charge < -0.3 is 33.6 Å². The SMILES string of the molecule is COC1OC(COC(c2ccccc2)(c2ccccc2)c2ccccc2)C(C)C(O)C1NC(=O)C[N+]1(C)CC[N+](C)(C)CC1. The maximum atomic E-state index is 13.3. The molecule has 3 aromatic carbocycles. The Kier molecular flexibility index (Phi) is 9.89. The molecule has 1 amide bonds. The first kappa shape index (κ1) is 32.3. The van der Waals surface area contributed by atoms with Gasteiger partial charge in [-0.05, 0) is 16.7 Å². The van der Waals surface area contributed by atoms with Gasteiger partial charge in [-0.25, -0.2) is 0 Å². The number of quaternary nitrogens is 2. The van der Waals surface area contributed by atoms with E-state index in [4.69, 9.17) is 14.2 Å². The number of benzene rings is 3. The van der Waals surface area contributed by atoms with Crippen LogP contribution in [0.25, 0.3) is 0 Å².